The summed E-state index contributed by atoms with van der Waals surface area (Å²) in [6, 6.07) is 4.58. The Balaban J connectivity index is 1.60. The van der Waals surface area contributed by atoms with Crippen LogP contribution in [0.3, 0.4) is 0 Å². The predicted octanol–water partition coefficient (Wildman–Crippen LogP) is 1.22. The monoisotopic (exact) mass is 365 g/mol. The number of thiophene rings is 1. The lowest BCUT2D eigenvalue weighted by Crippen LogP contribution is -2.36. The van der Waals surface area contributed by atoms with Crippen molar-refractivity contribution in [1.82, 2.24) is 25.4 Å². The third kappa shape index (κ3) is 4.35. The predicted molar refractivity (Wildman–Crippen MR) is 93.2 cm³/mol. The van der Waals surface area contributed by atoms with E-state index in [0.29, 0.717) is 6.04 Å². The number of nitrogens with one attached hydrogen (secondary N) is 2. The quantitative estimate of drug-likeness (QED) is 0.687. The minimum absolute atomic E-state index is 0.00512. The lowest BCUT2D eigenvalue weighted by atomic mass is 10.3. The Morgan fingerprint density at radius 2 is 2.21 bits per heavy atom. The van der Waals surface area contributed by atoms with Crippen LogP contribution >= 0.6 is 23.1 Å². The summed E-state index contributed by atoms with van der Waals surface area (Å²) < 4.78 is 2.16. The summed E-state index contributed by atoms with van der Waals surface area (Å²) >= 11 is 3.07. The molecule has 0 bridgehead atoms. The van der Waals surface area contributed by atoms with Crippen molar-refractivity contribution in [3.05, 3.63) is 28.2 Å². The molecule has 0 spiro atoms. The fraction of sp³-hybridized carbons (Fsp3) is 0.467. The number of hydrogen-bond donors (Lipinski definition) is 2. The second kappa shape index (κ2) is 7.80. The summed E-state index contributed by atoms with van der Waals surface area (Å²) in [5.41, 5.74) is 0. The Kier molecular flexibility index (Phi) is 5.52. The summed E-state index contributed by atoms with van der Waals surface area (Å²) in [7, 11) is 1.54. The maximum atomic E-state index is 11.8. The van der Waals surface area contributed by atoms with Gasteiger partial charge in [-0.2, -0.15) is 0 Å². The molecule has 0 radical (unpaired) electrons. The van der Waals surface area contributed by atoms with Crippen LogP contribution in [0.15, 0.2) is 22.7 Å². The molecule has 1 saturated carbocycles. The molecule has 2 aromatic rings. The number of amides is 2. The molecule has 2 aromatic heterocycles. The molecule has 2 heterocycles. The third-order valence-electron chi connectivity index (χ3n) is 3.62. The Labute approximate surface area is 148 Å². The molecule has 1 aliphatic rings. The van der Waals surface area contributed by atoms with Crippen molar-refractivity contribution in [2.75, 3.05) is 19.3 Å². The first kappa shape index (κ1) is 17.0. The molecule has 3 rings (SSSR count). The highest BCUT2D eigenvalue weighted by Crippen LogP contribution is 2.39. The van der Waals surface area contributed by atoms with Gasteiger partial charge in [0.25, 0.3) is 0 Å². The molecular weight excluding hydrogens is 346 g/mol. The van der Waals surface area contributed by atoms with Crippen LogP contribution in [0, 0.1) is 0 Å². The van der Waals surface area contributed by atoms with E-state index in [4.69, 9.17) is 0 Å². The second-order valence-corrected chi connectivity index (χ2v) is 7.47. The van der Waals surface area contributed by atoms with Gasteiger partial charge < -0.3 is 15.2 Å². The zero-order chi connectivity index (χ0) is 16.9. The number of thioether (sulfide) groups is 1. The SMILES string of the molecule is CNC(=O)CNC(=O)CSc1nnc(Cc2cccs2)n1C1CC1. The third-order valence-corrected chi connectivity index (χ3v) is 5.44. The topological polar surface area (TPSA) is 88.9 Å². The maximum absolute atomic E-state index is 11.8. The summed E-state index contributed by atoms with van der Waals surface area (Å²) in [5, 5.41) is 16.5. The number of hydrogen-bond acceptors (Lipinski definition) is 6. The minimum atomic E-state index is -0.215. The van der Waals surface area contributed by atoms with E-state index in [0.717, 1.165) is 30.2 Å². The molecule has 1 aliphatic carbocycles. The molecule has 9 heteroatoms. The van der Waals surface area contributed by atoms with Crippen LogP contribution in [0.4, 0.5) is 0 Å². The van der Waals surface area contributed by atoms with Gasteiger partial charge in [-0.25, -0.2) is 0 Å². The van der Waals surface area contributed by atoms with Crippen molar-refractivity contribution in [3.63, 3.8) is 0 Å². The summed E-state index contributed by atoms with van der Waals surface area (Å²) in [6.07, 6.45) is 3.03. The van der Waals surface area contributed by atoms with Crippen molar-refractivity contribution in [2.45, 2.75) is 30.5 Å². The molecular formula is C15H19N5O2S2. The Hall–Kier alpha value is -1.87. The zero-order valence-corrected chi connectivity index (χ0v) is 15.0. The van der Waals surface area contributed by atoms with E-state index in [1.165, 1.54) is 23.7 Å². The Morgan fingerprint density at radius 1 is 1.38 bits per heavy atom. The maximum Gasteiger partial charge on any atom is 0.239 e. The number of nitrogens with zero attached hydrogens (tertiary/aromatic N) is 3. The lowest BCUT2D eigenvalue weighted by molar-refractivity contribution is -0.124. The lowest BCUT2D eigenvalue weighted by Gasteiger charge is -2.08. The van der Waals surface area contributed by atoms with Crippen LogP contribution in [0.5, 0.6) is 0 Å². The average molecular weight is 365 g/mol. The highest BCUT2D eigenvalue weighted by Gasteiger charge is 2.29. The largest absolute Gasteiger partial charge is 0.358 e. The second-order valence-electron chi connectivity index (χ2n) is 5.49. The first-order chi connectivity index (χ1) is 11.7. The van der Waals surface area contributed by atoms with Crippen molar-refractivity contribution < 1.29 is 9.59 Å². The molecule has 1 fully saturated rings. The smallest absolute Gasteiger partial charge is 0.239 e. The van der Waals surface area contributed by atoms with Gasteiger partial charge in [-0.15, -0.1) is 21.5 Å². The van der Waals surface area contributed by atoms with Gasteiger partial charge in [0.05, 0.1) is 12.3 Å². The first-order valence-electron chi connectivity index (χ1n) is 7.73. The fourth-order valence-electron chi connectivity index (χ4n) is 2.24. The van der Waals surface area contributed by atoms with E-state index >= 15 is 0 Å². The van der Waals surface area contributed by atoms with Gasteiger partial charge in [0.15, 0.2) is 5.16 Å². The first-order valence-corrected chi connectivity index (χ1v) is 9.60. The highest BCUT2D eigenvalue weighted by atomic mass is 32.2. The van der Waals surface area contributed by atoms with E-state index in [2.05, 4.69) is 36.8 Å². The van der Waals surface area contributed by atoms with Crippen molar-refractivity contribution in [2.24, 2.45) is 0 Å². The van der Waals surface area contributed by atoms with Crippen LogP contribution in [-0.4, -0.2) is 45.9 Å². The Bertz CT molecular complexity index is 710. The molecule has 2 amide bonds. The number of carbonyl (C=O) groups excluding carboxylic acids is 2. The van der Waals surface area contributed by atoms with Gasteiger partial charge in [0.2, 0.25) is 11.8 Å². The van der Waals surface area contributed by atoms with Crippen molar-refractivity contribution in [3.8, 4) is 0 Å². The van der Waals surface area contributed by atoms with Crippen LogP contribution in [-0.2, 0) is 16.0 Å². The van der Waals surface area contributed by atoms with E-state index in [1.807, 2.05) is 6.07 Å². The van der Waals surface area contributed by atoms with Gasteiger partial charge in [0.1, 0.15) is 5.82 Å². The van der Waals surface area contributed by atoms with Crippen molar-refractivity contribution in [1.29, 1.82) is 0 Å². The summed E-state index contributed by atoms with van der Waals surface area (Å²) in [4.78, 5) is 24.2. The van der Waals surface area contributed by atoms with Gasteiger partial charge in [0, 0.05) is 24.4 Å². The molecule has 24 heavy (non-hydrogen) atoms. The van der Waals surface area contributed by atoms with E-state index in [1.54, 1.807) is 11.3 Å². The Morgan fingerprint density at radius 3 is 2.88 bits per heavy atom. The van der Waals surface area contributed by atoms with Crippen LogP contribution in [0.1, 0.15) is 29.6 Å². The van der Waals surface area contributed by atoms with E-state index < -0.39 is 0 Å². The molecule has 0 aromatic carbocycles. The van der Waals surface area contributed by atoms with Crippen LogP contribution in [0.25, 0.3) is 0 Å². The zero-order valence-electron chi connectivity index (χ0n) is 13.3. The normalized spacial score (nSPS) is 13.7. The van der Waals surface area contributed by atoms with E-state index in [-0.39, 0.29) is 24.1 Å². The van der Waals surface area contributed by atoms with Crippen LogP contribution < -0.4 is 10.6 Å². The molecule has 0 unspecified atom stereocenters. The highest BCUT2D eigenvalue weighted by molar-refractivity contribution is 7.99. The number of likely N-dealkylation sites (N-methyl/N-ethyl adjacent to an activating group) is 1. The van der Waals surface area contributed by atoms with Gasteiger partial charge in [-0.05, 0) is 24.3 Å². The standard InChI is InChI=1S/C15H19N5O2S2/c1-16-13(21)8-17-14(22)9-24-15-19-18-12(20(15)10-4-5-10)7-11-3-2-6-23-11/h2-3,6,10H,4-5,7-9H2,1H3,(H,16,21)(H,17,22). The molecule has 0 aliphatic heterocycles. The van der Waals surface area contributed by atoms with Gasteiger partial charge in [-0.3, -0.25) is 9.59 Å². The number of carbonyl (C=O) groups is 2. The fourth-order valence-corrected chi connectivity index (χ4v) is 3.80. The minimum Gasteiger partial charge on any atom is -0.358 e. The molecule has 7 nitrogen and oxygen atoms in total. The molecule has 0 saturated heterocycles. The number of rotatable bonds is 8. The molecule has 2 N–H and O–H groups in total. The average Bonchev–Trinajstić information content (AvgIpc) is 3.14. The molecule has 128 valence electrons. The summed E-state index contributed by atoms with van der Waals surface area (Å²) in [5.74, 6) is 0.774. The van der Waals surface area contributed by atoms with E-state index in [9.17, 15) is 9.59 Å². The van der Waals surface area contributed by atoms with Gasteiger partial charge >= 0.3 is 0 Å². The van der Waals surface area contributed by atoms with Crippen LogP contribution in [0.2, 0.25) is 0 Å². The van der Waals surface area contributed by atoms with Gasteiger partial charge in [-0.1, -0.05) is 17.8 Å². The molecule has 0 atom stereocenters. The van der Waals surface area contributed by atoms with Crippen molar-refractivity contribution >= 4 is 34.9 Å². The number of aromatic nitrogens is 3. The summed E-state index contributed by atoms with van der Waals surface area (Å²) in [6.45, 7) is -0.00512.